The van der Waals surface area contributed by atoms with E-state index in [4.69, 9.17) is 4.74 Å². The van der Waals surface area contributed by atoms with Crippen LogP contribution in [-0.2, 0) is 24.3 Å². The topological polar surface area (TPSA) is 77.6 Å². The second-order valence-corrected chi connectivity index (χ2v) is 7.21. The molecule has 2 aromatic carbocycles. The number of fused-ring (bicyclic) bond motifs is 3. The molecule has 0 bridgehead atoms. The Morgan fingerprint density at radius 2 is 1.83 bits per heavy atom. The summed E-state index contributed by atoms with van der Waals surface area (Å²) < 4.78 is 8.42. The molecular formula is C23H24N4O3. The summed E-state index contributed by atoms with van der Waals surface area (Å²) in [6.07, 6.45) is 0.976. The van der Waals surface area contributed by atoms with Crippen molar-refractivity contribution in [1.29, 1.82) is 0 Å². The number of nitrogens with zero attached hydrogens (tertiary/aromatic N) is 3. The number of carbonyl (C=O) groups excluding carboxylic acids is 1. The molecule has 0 saturated carbocycles. The predicted octanol–water partition coefficient (Wildman–Crippen LogP) is 2.85. The molecule has 2 aromatic heterocycles. The van der Waals surface area contributed by atoms with E-state index >= 15 is 0 Å². The second-order valence-electron chi connectivity index (χ2n) is 7.21. The average molecular weight is 404 g/mol. The summed E-state index contributed by atoms with van der Waals surface area (Å²) in [5, 5.41) is 8.05. The summed E-state index contributed by atoms with van der Waals surface area (Å²) in [7, 11) is 1.60. The van der Waals surface area contributed by atoms with Crippen molar-refractivity contribution in [2.45, 2.75) is 33.4 Å². The molecule has 0 aliphatic heterocycles. The van der Waals surface area contributed by atoms with Gasteiger partial charge in [0.05, 0.1) is 12.6 Å². The van der Waals surface area contributed by atoms with Crippen LogP contribution >= 0.6 is 0 Å². The molecule has 0 aliphatic rings. The van der Waals surface area contributed by atoms with Crippen molar-refractivity contribution < 1.29 is 9.53 Å². The van der Waals surface area contributed by atoms with E-state index < -0.39 is 0 Å². The Morgan fingerprint density at radius 1 is 1.10 bits per heavy atom. The third-order valence-corrected chi connectivity index (χ3v) is 5.28. The highest BCUT2D eigenvalue weighted by atomic mass is 16.5. The molecule has 1 N–H and O–H groups in total. The lowest BCUT2D eigenvalue weighted by molar-refractivity contribution is -0.122. The number of nitrogens with one attached hydrogen (secondary N) is 1. The number of aromatic nitrogens is 3. The van der Waals surface area contributed by atoms with Gasteiger partial charge in [0.1, 0.15) is 23.6 Å². The zero-order valence-corrected chi connectivity index (χ0v) is 17.3. The Hall–Kier alpha value is -3.61. The molecule has 0 radical (unpaired) electrons. The summed E-state index contributed by atoms with van der Waals surface area (Å²) in [5.41, 5.74) is 3.25. The Labute approximate surface area is 173 Å². The van der Waals surface area contributed by atoms with Gasteiger partial charge in [-0.2, -0.15) is 5.10 Å². The number of ether oxygens (including phenoxy) is 1. The fourth-order valence-electron chi connectivity index (χ4n) is 3.68. The van der Waals surface area contributed by atoms with E-state index in [1.54, 1.807) is 17.6 Å². The number of methoxy groups -OCH3 is 1. The molecule has 0 aliphatic carbocycles. The number of rotatable bonds is 6. The van der Waals surface area contributed by atoms with Crippen molar-refractivity contribution in [1.82, 2.24) is 19.5 Å². The zero-order chi connectivity index (χ0) is 21.3. The number of benzene rings is 2. The molecule has 4 rings (SSSR count). The van der Waals surface area contributed by atoms with Crippen molar-refractivity contribution in [2.75, 3.05) is 7.11 Å². The highest BCUT2D eigenvalue weighted by Gasteiger charge is 2.16. The van der Waals surface area contributed by atoms with E-state index in [-0.39, 0.29) is 18.0 Å². The van der Waals surface area contributed by atoms with E-state index in [1.807, 2.05) is 37.3 Å². The van der Waals surface area contributed by atoms with E-state index in [1.165, 1.54) is 10.2 Å². The summed E-state index contributed by atoms with van der Waals surface area (Å²) in [4.78, 5) is 25.4. The van der Waals surface area contributed by atoms with Gasteiger partial charge in [-0.05, 0) is 42.7 Å². The molecule has 0 unspecified atom stereocenters. The normalized spacial score (nSPS) is 11.2. The molecule has 30 heavy (non-hydrogen) atoms. The number of aryl methyl sites for hydroxylation is 2. The van der Waals surface area contributed by atoms with Crippen molar-refractivity contribution >= 4 is 22.3 Å². The largest absolute Gasteiger partial charge is 0.496 e. The molecule has 7 nitrogen and oxygen atoms in total. The first-order valence-electron chi connectivity index (χ1n) is 9.92. The van der Waals surface area contributed by atoms with Gasteiger partial charge < -0.3 is 10.1 Å². The van der Waals surface area contributed by atoms with Gasteiger partial charge in [0.15, 0.2) is 0 Å². The monoisotopic (exact) mass is 404 g/mol. The van der Waals surface area contributed by atoms with Gasteiger partial charge in [0.2, 0.25) is 5.91 Å². The highest BCUT2D eigenvalue weighted by Crippen LogP contribution is 2.28. The molecular weight excluding hydrogens is 380 g/mol. The van der Waals surface area contributed by atoms with Crippen LogP contribution in [0.15, 0.2) is 53.3 Å². The minimum atomic E-state index is -0.318. The number of amides is 1. The average Bonchev–Trinajstić information content (AvgIpc) is 3.16. The van der Waals surface area contributed by atoms with Crippen LogP contribution in [0.5, 0.6) is 5.75 Å². The van der Waals surface area contributed by atoms with Gasteiger partial charge in [-0.15, -0.1) is 0 Å². The fourth-order valence-corrected chi connectivity index (χ4v) is 3.68. The smallest absolute Gasteiger partial charge is 0.291 e. The lowest BCUT2D eigenvalue weighted by Crippen LogP contribution is -2.34. The van der Waals surface area contributed by atoms with Gasteiger partial charge in [-0.25, -0.2) is 4.68 Å². The van der Waals surface area contributed by atoms with Crippen molar-refractivity contribution in [3.63, 3.8) is 0 Å². The van der Waals surface area contributed by atoms with Gasteiger partial charge >= 0.3 is 0 Å². The molecule has 0 spiro atoms. The van der Waals surface area contributed by atoms with Gasteiger partial charge in [-0.3, -0.25) is 14.0 Å². The highest BCUT2D eigenvalue weighted by molar-refractivity contribution is 5.92. The standard InChI is InChI=1S/C23H24N4O3/c1-4-16-8-10-17(11-9-16)13-24-22(28)14-26-23(29)20-12-18-19(27(20)15(2)25-26)6-5-7-21(18)30-3/h5-12H,4,13-14H2,1-3H3,(H,24,28). The summed E-state index contributed by atoms with van der Waals surface area (Å²) in [5.74, 6) is 1.05. The van der Waals surface area contributed by atoms with Crippen LogP contribution in [0.1, 0.15) is 23.9 Å². The van der Waals surface area contributed by atoms with E-state index in [9.17, 15) is 9.59 Å². The second kappa shape index (κ2) is 8.02. The number of hydrogen-bond donors (Lipinski definition) is 1. The summed E-state index contributed by atoms with van der Waals surface area (Å²) >= 11 is 0. The van der Waals surface area contributed by atoms with Crippen molar-refractivity contribution in [2.24, 2.45) is 0 Å². The van der Waals surface area contributed by atoms with Crippen molar-refractivity contribution in [3.8, 4) is 5.75 Å². The predicted molar refractivity (Wildman–Crippen MR) is 116 cm³/mol. The first-order valence-corrected chi connectivity index (χ1v) is 9.92. The summed E-state index contributed by atoms with van der Waals surface area (Å²) in [6.45, 7) is 4.19. The maximum atomic E-state index is 13.0. The minimum absolute atomic E-state index is 0.137. The van der Waals surface area contributed by atoms with E-state index in [0.717, 1.165) is 22.9 Å². The third kappa shape index (κ3) is 3.54. The quantitative estimate of drug-likeness (QED) is 0.536. The molecule has 1 amide bonds. The fraction of sp³-hybridized carbons (Fsp3) is 0.261. The lowest BCUT2D eigenvalue weighted by Gasteiger charge is -2.10. The van der Waals surface area contributed by atoms with Crippen LogP contribution < -0.4 is 15.6 Å². The molecule has 0 atom stereocenters. The van der Waals surface area contributed by atoms with Crippen LogP contribution in [0.2, 0.25) is 0 Å². The van der Waals surface area contributed by atoms with Crippen LogP contribution in [-0.4, -0.2) is 27.2 Å². The first-order chi connectivity index (χ1) is 14.5. The third-order valence-electron chi connectivity index (χ3n) is 5.28. The molecule has 7 heteroatoms. The van der Waals surface area contributed by atoms with E-state index in [0.29, 0.717) is 23.6 Å². The first kappa shape index (κ1) is 19.7. The minimum Gasteiger partial charge on any atom is -0.496 e. The van der Waals surface area contributed by atoms with Crippen LogP contribution in [0.4, 0.5) is 0 Å². The Bertz CT molecular complexity index is 1290. The Morgan fingerprint density at radius 3 is 2.53 bits per heavy atom. The zero-order valence-electron chi connectivity index (χ0n) is 17.3. The van der Waals surface area contributed by atoms with Crippen LogP contribution in [0.3, 0.4) is 0 Å². The molecule has 0 saturated heterocycles. The maximum absolute atomic E-state index is 13.0. The molecule has 4 aromatic rings. The Balaban J connectivity index is 1.59. The SMILES string of the molecule is CCc1ccc(CNC(=O)Cn2nc(C)n3c(cc4c(OC)cccc43)c2=O)cc1. The number of hydrogen-bond acceptors (Lipinski definition) is 4. The molecule has 0 fully saturated rings. The molecule has 2 heterocycles. The van der Waals surface area contributed by atoms with E-state index in [2.05, 4.69) is 29.5 Å². The summed E-state index contributed by atoms with van der Waals surface area (Å²) in [6, 6.07) is 15.5. The Kier molecular flexibility index (Phi) is 5.27. The molecule has 154 valence electrons. The van der Waals surface area contributed by atoms with Crippen LogP contribution in [0, 0.1) is 6.92 Å². The maximum Gasteiger partial charge on any atom is 0.291 e. The number of carbonyl (C=O) groups is 1. The van der Waals surface area contributed by atoms with Crippen LogP contribution in [0.25, 0.3) is 16.4 Å². The van der Waals surface area contributed by atoms with Gasteiger partial charge in [0.25, 0.3) is 5.56 Å². The lowest BCUT2D eigenvalue weighted by atomic mass is 10.1. The van der Waals surface area contributed by atoms with Crippen molar-refractivity contribution in [3.05, 3.63) is 75.8 Å². The van der Waals surface area contributed by atoms with Gasteiger partial charge in [-0.1, -0.05) is 37.3 Å². The van der Waals surface area contributed by atoms with Gasteiger partial charge in [0, 0.05) is 11.9 Å².